The first-order valence-electron chi connectivity index (χ1n) is 4.24. The number of rotatable bonds is 2. The Morgan fingerprint density at radius 3 is 2.43 bits per heavy atom. The first kappa shape index (κ1) is 11.4. The van der Waals surface area contributed by atoms with Gasteiger partial charge in [0.2, 0.25) is 0 Å². The van der Waals surface area contributed by atoms with Crippen molar-refractivity contribution in [2.24, 2.45) is 5.73 Å². The van der Waals surface area contributed by atoms with Crippen LogP contribution in [-0.2, 0) is 5.41 Å². The second-order valence-electron chi connectivity index (χ2n) is 3.81. The van der Waals surface area contributed by atoms with Gasteiger partial charge in [0.05, 0.1) is 5.02 Å². The van der Waals surface area contributed by atoms with Crippen LogP contribution < -0.4 is 5.73 Å². The molecule has 0 atom stereocenters. The van der Waals surface area contributed by atoms with E-state index in [1.807, 2.05) is 0 Å². The normalized spacial score (nSPS) is 11.9. The van der Waals surface area contributed by atoms with Crippen LogP contribution in [0.3, 0.4) is 0 Å². The summed E-state index contributed by atoms with van der Waals surface area (Å²) in [7, 11) is 0. The number of hydrogen-bond acceptors (Lipinski definition) is 1. The van der Waals surface area contributed by atoms with Gasteiger partial charge in [-0.2, -0.15) is 0 Å². The van der Waals surface area contributed by atoms with E-state index < -0.39 is 17.0 Å². The van der Waals surface area contributed by atoms with Gasteiger partial charge in [0.25, 0.3) is 0 Å². The molecule has 0 saturated heterocycles. The van der Waals surface area contributed by atoms with Gasteiger partial charge in [-0.1, -0.05) is 25.4 Å². The van der Waals surface area contributed by atoms with Crippen LogP contribution in [0.2, 0.25) is 5.02 Å². The minimum atomic E-state index is -0.751. The van der Waals surface area contributed by atoms with Crippen molar-refractivity contribution < 1.29 is 8.78 Å². The van der Waals surface area contributed by atoms with Gasteiger partial charge in [0.15, 0.2) is 0 Å². The highest BCUT2D eigenvalue weighted by molar-refractivity contribution is 6.30. The smallest absolute Gasteiger partial charge is 0.148 e. The summed E-state index contributed by atoms with van der Waals surface area (Å²) in [6.07, 6.45) is 0. The van der Waals surface area contributed by atoms with Crippen LogP contribution in [0.25, 0.3) is 0 Å². The van der Waals surface area contributed by atoms with Gasteiger partial charge in [0, 0.05) is 17.5 Å². The summed E-state index contributed by atoms with van der Waals surface area (Å²) in [4.78, 5) is 0. The molecule has 0 aliphatic rings. The maximum absolute atomic E-state index is 13.5. The quantitative estimate of drug-likeness (QED) is 0.761. The molecular weight excluding hydrogens is 208 g/mol. The summed E-state index contributed by atoms with van der Waals surface area (Å²) in [6.45, 7) is 3.50. The predicted octanol–water partition coefficient (Wildman–Crippen LogP) is 2.85. The average Bonchev–Trinajstić information content (AvgIpc) is 2.12. The molecule has 1 rings (SSSR count). The molecule has 1 nitrogen and oxygen atoms in total. The van der Waals surface area contributed by atoms with Crippen molar-refractivity contribution in [3.05, 3.63) is 34.4 Å². The Labute approximate surface area is 86.9 Å². The molecule has 4 heteroatoms. The monoisotopic (exact) mass is 219 g/mol. The molecule has 0 spiro atoms. The van der Waals surface area contributed by atoms with Gasteiger partial charge in [-0.25, -0.2) is 8.78 Å². The highest BCUT2D eigenvalue weighted by Gasteiger charge is 2.27. The Morgan fingerprint density at radius 2 is 1.93 bits per heavy atom. The third kappa shape index (κ3) is 1.88. The molecule has 0 radical (unpaired) electrons. The summed E-state index contributed by atoms with van der Waals surface area (Å²) < 4.78 is 26.9. The van der Waals surface area contributed by atoms with Gasteiger partial charge in [-0.15, -0.1) is 0 Å². The van der Waals surface area contributed by atoms with Crippen molar-refractivity contribution in [3.8, 4) is 0 Å². The molecule has 0 unspecified atom stereocenters. The lowest BCUT2D eigenvalue weighted by Gasteiger charge is -2.24. The van der Waals surface area contributed by atoms with E-state index in [1.54, 1.807) is 13.8 Å². The molecule has 0 aliphatic carbocycles. The van der Waals surface area contributed by atoms with E-state index in [1.165, 1.54) is 6.07 Å². The molecule has 0 fully saturated rings. The van der Waals surface area contributed by atoms with E-state index >= 15 is 0 Å². The highest BCUT2D eigenvalue weighted by Crippen LogP contribution is 2.30. The number of halogens is 3. The number of nitrogens with two attached hydrogens (primary N) is 1. The molecule has 0 amide bonds. The fraction of sp³-hybridized carbons (Fsp3) is 0.400. The second-order valence-corrected chi connectivity index (χ2v) is 4.21. The lowest BCUT2D eigenvalue weighted by Crippen LogP contribution is -2.30. The van der Waals surface area contributed by atoms with Crippen molar-refractivity contribution in [3.63, 3.8) is 0 Å². The molecule has 0 aliphatic heterocycles. The molecule has 1 aromatic rings. The zero-order valence-corrected chi connectivity index (χ0v) is 8.83. The molecule has 0 bridgehead atoms. The highest BCUT2D eigenvalue weighted by atomic mass is 35.5. The largest absolute Gasteiger partial charge is 0.330 e. The van der Waals surface area contributed by atoms with Crippen molar-refractivity contribution in [2.45, 2.75) is 19.3 Å². The van der Waals surface area contributed by atoms with Gasteiger partial charge in [0.1, 0.15) is 11.6 Å². The Bertz CT molecular complexity index is 350. The molecule has 14 heavy (non-hydrogen) atoms. The number of benzene rings is 1. The lowest BCUT2D eigenvalue weighted by atomic mass is 9.84. The summed E-state index contributed by atoms with van der Waals surface area (Å²) in [5.41, 5.74) is 4.65. The van der Waals surface area contributed by atoms with Crippen LogP contribution in [0.4, 0.5) is 8.78 Å². The predicted molar refractivity (Wildman–Crippen MR) is 53.4 cm³/mol. The third-order valence-electron chi connectivity index (χ3n) is 2.23. The first-order valence-corrected chi connectivity index (χ1v) is 4.62. The fourth-order valence-corrected chi connectivity index (χ4v) is 1.41. The van der Waals surface area contributed by atoms with E-state index in [0.29, 0.717) is 0 Å². The van der Waals surface area contributed by atoms with E-state index in [-0.39, 0.29) is 17.1 Å². The maximum Gasteiger partial charge on any atom is 0.148 e. The zero-order valence-electron chi connectivity index (χ0n) is 8.07. The van der Waals surface area contributed by atoms with Gasteiger partial charge >= 0.3 is 0 Å². The summed E-state index contributed by atoms with van der Waals surface area (Å²) in [6, 6.07) is 2.35. The van der Waals surface area contributed by atoms with Crippen molar-refractivity contribution in [1.29, 1.82) is 0 Å². The van der Waals surface area contributed by atoms with E-state index in [0.717, 1.165) is 6.07 Å². The standard InChI is InChI=1S/C10H12ClF2N/c1-10(2,5-14)8-7(12)4-3-6(11)9(8)13/h3-4H,5,14H2,1-2H3. The molecule has 2 N–H and O–H groups in total. The Kier molecular flexibility index (Phi) is 3.12. The second kappa shape index (κ2) is 3.83. The lowest BCUT2D eigenvalue weighted by molar-refractivity contribution is 0.454. The topological polar surface area (TPSA) is 26.0 Å². The Balaban J connectivity index is 3.40. The molecular formula is C10H12ClF2N. The Hall–Kier alpha value is -0.670. The van der Waals surface area contributed by atoms with Gasteiger partial charge < -0.3 is 5.73 Å². The van der Waals surface area contributed by atoms with Crippen LogP contribution in [0.1, 0.15) is 19.4 Å². The van der Waals surface area contributed by atoms with E-state index in [2.05, 4.69) is 0 Å². The van der Waals surface area contributed by atoms with Crippen LogP contribution in [0.5, 0.6) is 0 Å². The summed E-state index contributed by atoms with van der Waals surface area (Å²) in [5.74, 6) is -1.33. The summed E-state index contributed by atoms with van der Waals surface area (Å²) in [5, 5.41) is -0.0806. The minimum absolute atomic E-state index is 0.0486. The molecule has 0 heterocycles. The average molecular weight is 220 g/mol. The Morgan fingerprint density at radius 1 is 1.36 bits per heavy atom. The summed E-state index contributed by atoms with van der Waals surface area (Å²) >= 11 is 5.57. The van der Waals surface area contributed by atoms with Crippen molar-refractivity contribution in [1.82, 2.24) is 0 Å². The molecule has 1 aromatic carbocycles. The van der Waals surface area contributed by atoms with Gasteiger partial charge in [-0.05, 0) is 12.1 Å². The molecule has 78 valence electrons. The van der Waals surface area contributed by atoms with Crippen LogP contribution in [-0.4, -0.2) is 6.54 Å². The minimum Gasteiger partial charge on any atom is -0.330 e. The van der Waals surface area contributed by atoms with E-state index in [4.69, 9.17) is 17.3 Å². The third-order valence-corrected chi connectivity index (χ3v) is 2.52. The van der Waals surface area contributed by atoms with Gasteiger partial charge in [-0.3, -0.25) is 0 Å². The van der Waals surface area contributed by atoms with Crippen molar-refractivity contribution >= 4 is 11.6 Å². The molecule has 0 aromatic heterocycles. The van der Waals surface area contributed by atoms with Crippen LogP contribution >= 0.6 is 11.6 Å². The van der Waals surface area contributed by atoms with Crippen LogP contribution in [0, 0.1) is 11.6 Å². The van der Waals surface area contributed by atoms with E-state index in [9.17, 15) is 8.78 Å². The first-order chi connectivity index (χ1) is 6.40. The SMILES string of the molecule is CC(C)(CN)c1c(F)ccc(Cl)c1F. The fourth-order valence-electron chi connectivity index (χ4n) is 1.25. The zero-order chi connectivity index (χ0) is 10.9. The maximum atomic E-state index is 13.5. The number of hydrogen-bond donors (Lipinski definition) is 1. The van der Waals surface area contributed by atoms with Crippen LogP contribution in [0.15, 0.2) is 12.1 Å². The molecule has 0 saturated carbocycles. The van der Waals surface area contributed by atoms with Crippen molar-refractivity contribution in [2.75, 3.05) is 6.54 Å².